The number of aromatic hydroxyl groups is 1. The van der Waals surface area contributed by atoms with Gasteiger partial charge in [-0.3, -0.25) is 9.30 Å². The summed E-state index contributed by atoms with van der Waals surface area (Å²) >= 11 is 0. The largest absolute Gasteiger partial charge is 0.507 e. The number of nitrogens with one attached hydrogen (secondary N) is 1. The van der Waals surface area contributed by atoms with Crippen molar-refractivity contribution in [1.29, 1.82) is 0 Å². The van der Waals surface area contributed by atoms with Crippen LogP contribution in [0.1, 0.15) is 12.8 Å². The number of fused-ring (bicyclic) bond motifs is 1. The number of ether oxygens (including phenoxy) is 1. The molecule has 3 heterocycles. The predicted molar refractivity (Wildman–Crippen MR) is 107 cm³/mol. The summed E-state index contributed by atoms with van der Waals surface area (Å²) in [4.78, 5) is 2.26. The number of rotatable bonds is 6. The van der Waals surface area contributed by atoms with Gasteiger partial charge in [0.1, 0.15) is 17.2 Å². The van der Waals surface area contributed by atoms with Gasteiger partial charge in [-0.1, -0.05) is 0 Å². The van der Waals surface area contributed by atoms with E-state index in [0.29, 0.717) is 29.5 Å². The molecule has 8 heteroatoms. The van der Waals surface area contributed by atoms with Crippen molar-refractivity contribution in [2.75, 3.05) is 38.7 Å². The number of likely N-dealkylation sites (tertiary alicyclic amines) is 1. The number of phenolic OH excluding ortho intramolecular Hbond substituents is 1. The van der Waals surface area contributed by atoms with Gasteiger partial charge in [0, 0.05) is 37.0 Å². The number of aliphatic hydroxyl groups excluding tert-OH is 1. The summed E-state index contributed by atoms with van der Waals surface area (Å²) in [6.07, 6.45) is 4.07. The van der Waals surface area contributed by atoms with Crippen LogP contribution in [0.2, 0.25) is 0 Å². The molecule has 1 aliphatic rings. The number of aromatic nitrogens is 3. The smallest absolute Gasteiger partial charge is 0.228 e. The normalized spacial score (nSPS) is 17.7. The molecule has 148 valence electrons. The highest BCUT2D eigenvalue weighted by Crippen LogP contribution is 2.34. The zero-order valence-electron chi connectivity index (χ0n) is 15.9. The molecule has 0 saturated carbocycles. The minimum absolute atomic E-state index is 0.101. The molecule has 0 radical (unpaired) electrons. The van der Waals surface area contributed by atoms with E-state index in [2.05, 4.69) is 20.4 Å². The Hall–Kier alpha value is -2.84. The summed E-state index contributed by atoms with van der Waals surface area (Å²) in [7, 11) is 1.56. The number of hydrogen-bond acceptors (Lipinski definition) is 7. The Labute approximate surface area is 163 Å². The summed E-state index contributed by atoms with van der Waals surface area (Å²) in [6.45, 7) is 2.75. The van der Waals surface area contributed by atoms with Crippen LogP contribution in [0.3, 0.4) is 0 Å². The number of hydrogen-bond donors (Lipinski definition) is 3. The Morgan fingerprint density at radius 2 is 2.18 bits per heavy atom. The summed E-state index contributed by atoms with van der Waals surface area (Å²) < 4.78 is 7.11. The molecule has 0 unspecified atom stereocenters. The van der Waals surface area contributed by atoms with Gasteiger partial charge in [-0.15, -0.1) is 10.2 Å². The molecule has 0 aliphatic carbocycles. The van der Waals surface area contributed by atoms with Crippen molar-refractivity contribution in [1.82, 2.24) is 19.5 Å². The molecule has 0 amide bonds. The molecule has 1 atom stereocenters. The molecule has 8 nitrogen and oxygen atoms in total. The second kappa shape index (κ2) is 8.04. The fourth-order valence-electron chi connectivity index (χ4n) is 3.78. The Morgan fingerprint density at radius 3 is 2.96 bits per heavy atom. The highest BCUT2D eigenvalue weighted by molar-refractivity contribution is 5.81. The lowest BCUT2D eigenvalue weighted by molar-refractivity contribution is 0.166. The number of piperidine rings is 1. The van der Waals surface area contributed by atoms with E-state index >= 15 is 0 Å². The zero-order valence-corrected chi connectivity index (χ0v) is 15.9. The maximum absolute atomic E-state index is 10.4. The lowest BCUT2D eigenvalue weighted by Crippen LogP contribution is -2.43. The molecule has 28 heavy (non-hydrogen) atoms. The van der Waals surface area contributed by atoms with Crippen molar-refractivity contribution in [3.05, 3.63) is 36.5 Å². The fraction of sp³-hybridized carbons (Fsp3) is 0.400. The number of nitrogens with zero attached hydrogens (tertiary/aromatic N) is 4. The maximum atomic E-state index is 10.4. The molecular formula is C20H25N5O3. The SMILES string of the molecule is COc1ccc(-c2nnc(N[C@@H]3CCCN(CCO)C3)n3cccc23)c(O)c1. The second-order valence-corrected chi connectivity index (χ2v) is 7.03. The molecule has 0 spiro atoms. The predicted octanol–water partition coefficient (Wildman–Crippen LogP) is 1.98. The Morgan fingerprint density at radius 1 is 1.29 bits per heavy atom. The number of anilines is 1. The van der Waals surface area contributed by atoms with E-state index in [1.807, 2.05) is 22.7 Å². The van der Waals surface area contributed by atoms with Crippen LogP contribution >= 0.6 is 0 Å². The minimum atomic E-state index is 0.101. The van der Waals surface area contributed by atoms with Crippen LogP contribution in [0.25, 0.3) is 16.8 Å². The number of benzene rings is 1. The third kappa shape index (κ3) is 3.61. The molecular weight excluding hydrogens is 358 g/mol. The lowest BCUT2D eigenvalue weighted by atomic mass is 10.1. The van der Waals surface area contributed by atoms with Crippen LogP contribution in [0, 0.1) is 0 Å². The van der Waals surface area contributed by atoms with Gasteiger partial charge in [-0.05, 0) is 43.7 Å². The van der Waals surface area contributed by atoms with Crippen molar-refractivity contribution in [3.63, 3.8) is 0 Å². The van der Waals surface area contributed by atoms with Gasteiger partial charge < -0.3 is 20.3 Å². The van der Waals surface area contributed by atoms with Gasteiger partial charge in [-0.25, -0.2) is 0 Å². The third-order valence-electron chi connectivity index (χ3n) is 5.18. The van der Waals surface area contributed by atoms with Crippen molar-refractivity contribution >= 4 is 11.5 Å². The first-order chi connectivity index (χ1) is 13.7. The van der Waals surface area contributed by atoms with Crippen molar-refractivity contribution in [2.45, 2.75) is 18.9 Å². The van der Waals surface area contributed by atoms with Gasteiger partial charge >= 0.3 is 0 Å². The fourth-order valence-corrected chi connectivity index (χ4v) is 3.78. The summed E-state index contributed by atoms with van der Waals surface area (Å²) in [5.41, 5.74) is 2.08. The van der Waals surface area contributed by atoms with Crippen molar-refractivity contribution in [2.24, 2.45) is 0 Å². The highest BCUT2D eigenvalue weighted by atomic mass is 16.5. The van der Waals surface area contributed by atoms with Crippen LogP contribution < -0.4 is 10.1 Å². The number of methoxy groups -OCH3 is 1. The van der Waals surface area contributed by atoms with E-state index in [4.69, 9.17) is 4.74 Å². The van der Waals surface area contributed by atoms with Gasteiger partial charge in [0.25, 0.3) is 0 Å². The minimum Gasteiger partial charge on any atom is -0.507 e. The van der Waals surface area contributed by atoms with Crippen LogP contribution in [0.15, 0.2) is 36.5 Å². The lowest BCUT2D eigenvalue weighted by Gasteiger charge is -2.32. The van der Waals surface area contributed by atoms with Gasteiger partial charge in [0.15, 0.2) is 0 Å². The molecule has 3 N–H and O–H groups in total. The van der Waals surface area contributed by atoms with Crippen LogP contribution in [-0.2, 0) is 0 Å². The highest BCUT2D eigenvalue weighted by Gasteiger charge is 2.21. The topological polar surface area (TPSA) is 95.2 Å². The average molecular weight is 383 g/mol. The molecule has 0 bridgehead atoms. The third-order valence-corrected chi connectivity index (χ3v) is 5.18. The van der Waals surface area contributed by atoms with E-state index < -0.39 is 0 Å². The monoisotopic (exact) mass is 383 g/mol. The summed E-state index contributed by atoms with van der Waals surface area (Å²) in [5.74, 6) is 1.36. The van der Waals surface area contributed by atoms with Crippen LogP contribution in [0.4, 0.5) is 5.95 Å². The van der Waals surface area contributed by atoms with Crippen molar-refractivity contribution < 1.29 is 14.9 Å². The Kier molecular flexibility index (Phi) is 5.31. The van der Waals surface area contributed by atoms with Crippen molar-refractivity contribution in [3.8, 4) is 22.8 Å². The first-order valence-electron chi connectivity index (χ1n) is 9.50. The summed E-state index contributed by atoms with van der Waals surface area (Å²) in [5, 5.41) is 31.9. The number of β-amino-alcohol motifs (C(OH)–C–C–N with tert-alkyl or cyclic N) is 1. The van der Waals surface area contributed by atoms with E-state index in [0.717, 1.165) is 31.4 Å². The second-order valence-electron chi connectivity index (χ2n) is 7.03. The van der Waals surface area contributed by atoms with E-state index in [1.165, 1.54) is 0 Å². The van der Waals surface area contributed by atoms with E-state index in [9.17, 15) is 10.2 Å². The number of aliphatic hydroxyl groups is 1. The average Bonchev–Trinajstić information content (AvgIpc) is 3.19. The molecule has 1 saturated heterocycles. The van der Waals surface area contributed by atoms with Crippen LogP contribution in [-0.4, -0.2) is 69.1 Å². The van der Waals surface area contributed by atoms with Gasteiger partial charge in [-0.2, -0.15) is 0 Å². The molecule has 4 rings (SSSR count). The molecule has 2 aromatic heterocycles. The van der Waals surface area contributed by atoms with E-state index in [1.54, 1.807) is 25.3 Å². The standard InChI is InChI=1S/C20H25N5O3/c1-28-15-6-7-16(18(27)12-15)19-17-5-3-9-25(17)20(23-22-19)21-14-4-2-8-24(13-14)10-11-26/h3,5-7,9,12,14,26-27H,2,4,8,10-11,13H2,1H3,(H,21,23)/t14-/m1/s1. The van der Waals surface area contributed by atoms with Crippen LogP contribution in [0.5, 0.6) is 11.5 Å². The Balaban J connectivity index is 1.63. The molecule has 1 aliphatic heterocycles. The maximum Gasteiger partial charge on any atom is 0.228 e. The van der Waals surface area contributed by atoms with E-state index in [-0.39, 0.29) is 18.4 Å². The molecule has 3 aromatic rings. The first-order valence-corrected chi connectivity index (χ1v) is 9.50. The molecule has 1 aromatic carbocycles. The first kappa shape index (κ1) is 18.5. The molecule has 1 fully saturated rings. The van der Waals surface area contributed by atoms with Gasteiger partial charge in [0.05, 0.1) is 19.2 Å². The summed E-state index contributed by atoms with van der Waals surface area (Å²) in [6, 6.07) is 9.29. The van der Waals surface area contributed by atoms with Gasteiger partial charge in [0.2, 0.25) is 5.95 Å². The zero-order chi connectivity index (χ0) is 19.5. The number of phenols is 1. The quantitative estimate of drug-likeness (QED) is 0.599. The Bertz CT molecular complexity index is 956.